The summed E-state index contributed by atoms with van der Waals surface area (Å²) in [5.74, 6) is 0.236. The molecule has 2 heteroatoms. The molecular formula is C12H18O2. The van der Waals surface area contributed by atoms with Gasteiger partial charge in [-0.1, -0.05) is 26.3 Å². The molecule has 78 valence electrons. The van der Waals surface area contributed by atoms with Crippen molar-refractivity contribution in [2.45, 2.75) is 40.0 Å². The standard InChI is InChI=1S/C12H18O2/c1-12(2,3)10-8-5-4-7(6-8)9(10)11(13)14/h7-8H,4-6H2,1-3H3,(H,13,14). The van der Waals surface area contributed by atoms with Gasteiger partial charge in [-0.05, 0) is 36.5 Å². The van der Waals surface area contributed by atoms with Crippen LogP contribution in [0.1, 0.15) is 40.0 Å². The molecule has 2 nitrogen and oxygen atoms in total. The zero-order chi connectivity index (χ0) is 10.5. The third kappa shape index (κ3) is 1.28. The van der Waals surface area contributed by atoms with Gasteiger partial charge in [0.2, 0.25) is 0 Å². The lowest BCUT2D eigenvalue weighted by Gasteiger charge is -2.29. The van der Waals surface area contributed by atoms with Crippen LogP contribution in [0.4, 0.5) is 0 Å². The van der Waals surface area contributed by atoms with E-state index in [9.17, 15) is 9.90 Å². The van der Waals surface area contributed by atoms with E-state index in [0.717, 1.165) is 18.4 Å². The largest absolute Gasteiger partial charge is 0.478 e. The van der Waals surface area contributed by atoms with Gasteiger partial charge in [0.15, 0.2) is 0 Å². The highest BCUT2D eigenvalue weighted by atomic mass is 16.4. The summed E-state index contributed by atoms with van der Waals surface area (Å²) in [5, 5.41) is 9.21. The molecule has 0 heterocycles. The molecule has 2 unspecified atom stereocenters. The van der Waals surface area contributed by atoms with E-state index >= 15 is 0 Å². The number of hydrogen-bond acceptors (Lipinski definition) is 1. The fraction of sp³-hybridized carbons (Fsp3) is 0.750. The summed E-state index contributed by atoms with van der Waals surface area (Å²) >= 11 is 0. The molecule has 0 aromatic carbocycles. The number of carboxylic acid groups (broad SMARTS) is 1. The predicted octanol–water partition coefficient (Wildman–Crippen LogP) is 2.84. The first-order valence-corrected chi connectivity index (χ1v) is 5.39. The van der Waals surface area contributed by atoms with Gasteiger partial charge in [-0.15, -0.1) is 0 Å². The first-order chi connectivity index (χ1) is 6.41. The SMILES string of the molecule is CC(C)(C)C1=C(C(=O)O)C2CCC1C2. The van der Waals surface area contributed by atoms with Crippen LogP contribution in [0.25, 0.3) is 0 Å². The maximum atomic E-state index is 11.2. The Labute approximate surface area is 85.0 Å². The highest BCUT2D eigenvalue weighted by molar-refractivity contribution is 5.89. The molecule has 0 spiro atoms. The normalized spacial score (nSPS) is 31.4. The Morgan fingerprint density at radius 2 is 1.86 bits per heavy atom. The van der Waals surface area contributed by atoms with Gasteiger partial charge in [0.05, 0.1) is 0 Å². The van der Waals surface area contributed by atoms with Crippen LogP contribution >= 0.6 is 0 Å². The van der Waals surface area contributed by atoms with Gasteiger partial charge in [0.25, 0.3) is 0 Å². The number of rotatable bonds is 1. The van der Waals surface area contributed by atoms with Gasteiger partial charge >= 0.3 is 5.97 Å². The first kappa shape index (κ1) is 9.75. The van der Waals surface area contributed by atoms with Crippen molar-refractivity contribution in [3.8, 4) is 0 Å². The summed E-state index contributed by atoms with van der Waals surface area (Å²) in [7, 11) is 0. The summed E-state index contributed by atoms with van der Waals surface area (Å²) in [5.41, 5.74) is 2.00. The van der Waals surface area contributed by atoms with E-state index in [1.54, 1.807) is 0 Å². The molecule has 2 aliphatic rings. The zero-order valence-corrected chi connectivity index (χ0v) is 9.13. The molecule has 1 fully saturated rings. The number of carboxylic acids is 1. The van der Waals surface area contributed by atoms with Crippen LogP contribution in [-0.4, -0.2) is 11.1 Å². The van der Waals surface area contributed by atoms with Crippen molar-refractivity contribution in [2.75, 3.05) is 0 Å². The van der Waals surface area contributed by atoms with Crippen molar-refractivity contribution in [1.29, 1.82) is 0 Å². The Morgan fingerprint density at radius 1 is 1.29 bits per heavy atom. The summed E-state index contributed by atoms with van der Waals surface area (Å²) in [6.07, 6.45) is 3.38. The van der Waals surface area contributed by atoms with Crippen LogP contribution in [0.3, 0.4) is 0 Å². The maximum Gasteiger partial charge on any atom is 0.331 e. The molecule has 0 saturated heterocycles. The van der Waals surface area contributed by atoms with E-state index < -0.39 is 5.97 Å². The Balaban J connectivity index is 2.47. The number of fused-ring (bicyclic) bond motifs is 2. The molecule has 1 saturated carbocycles. The molecule has 0 aromatic heterocycles. The highest BCUT2D eigenvalue weighted by Gasteiger charge is 2.45. The van der Waals surface area contributed by atoms with Crippen LogP contribution in [-0.2, 0) is 4.79 Å². The Morgan fingerprint density at radius 3 is 2.29 bits per heavy atom. The number of aliphatic carboxylic acids is 1. The van der Waals surface area contributed by atoms with Crippen molar-refractivity contribution in [2.24, 2.45) is 17.3 Å². The number of allylic oxidation sites excluding steroid dienone is 1. The number of carbonyl (C=O) groups is 1. The van der Waals surface area contributed by atoms with Crippen molar-refractivity contribution in [3.63, 3.8) is 0 Å². The summed E-state index contributed by atoms with van der Waals surface area (Å²) in [4.78, 5) is 11.2. The molecule has 2 atom stereocenters. The second kappa shape index (κ2) is 2.85. The van der Waals surface area contributed by atoms with Crippen molar-refractivity contribution in [1.82, 2.24) is 0 Å². The van der Waals surface area contributed by atoms with E-state index in [2.05, 4.69) is 20.8 Å². The molecule has 2 bridgehead atoms. The lowest BCUT2D eigenvalue weighted by atomic mass is 9.76. The number of hydrogen-bond donors (Lipinski definition) is 1. The van der Waals surface area contributed by atoms with E-state index in [1.807, 2.05) is 0 Å². The van der Waals surface area contributed by atoms with Gasteiger partial charge in [-0.3, -0.25) is 0 Å². The summed E-state index contributed by atoms with van der Waals surface area (Å²) < 4.78 is 0. The second-order valence-corrected chi connectivity index (χ2v) is 5.59. The maximum absolute atomic E-state index is 11.2. The molecule has 14 heavy (non-hydrogen) atoms. The minimum Gasteiger partial charge on any atom is -0.478 e. The smallest absolute Gasteiger partial charge is 0.331 e. The lowest BCUT2D eigenvalue weighted by Crippen LogP contribution is -2.21. The van der Waals surface area contributed by atoms with E-state index in [4.69, 9.17) is 0 Å². The topological polar surface area (TPSA) is 37.3 Å². The predicted molar refractivity (Wildman–Crippen MR) is 54.9 cm³/mol. The molecule has 0 aliphatic heterocycles. The van der Waals surface area contributed by atoms with Crippen LogP contribution in [0.2, 0.25) is 0 Å². The van der Waals surface area contributed by atoms with E-state index in [1.165, 1.54) is 12.0 Å². The van der Waals surface area contributed by atoms with Crippen LogP contribution in [0.5, 0.6) is 0 Å². The fourth-order valence-electron chi connectivity index (χ4n) is 3.25. The molecule has 0 amide bonds. The van der Waals surface area contributed by atoms with Crippen molar-refractivity contribution >= 4 is 5.97 Å². The average Bonchev–Trinajstić information content (AvgIpc) is 2.58. The van der Waals surface area contributed by atoms with Crippen LogP contribution in [0, 0.1) is 17.3 Å². The minimum absolute atomic E-state index is 0.0353. The van der Waals surface area contributed by atoms with E-state index in [0.29, 0.717) is 11.8 Å². The van der Waals surface area contributed by atoms with Gasteiger partial charge in [-0.25, -0.2) is 4.79 Å². The quantitative estimate of drug-likeness (QED) is 0.697. The third-order valence-corrected chi connectivity index (χ3v) is 3.58. The molecule has 2 aliphatic carbocycles. The highest BCUT2D eigenvalue weighted by Crippen LogP contribution is 2.54. The Bertz CT molecular complexity index is 307. The third-order valence-electron chi connectivity index (χ3n) is 3.58. The van der Waals surface area contributed by atoms with E-state index in [-0.39, 0.29) is 5.41 Å². The molecule has 0 aromatic rings. The zero-order valence-electron chi connectivity index (χ0n) is 9.13. The Kier molecular flexibility index (Phi) is 1.98. The van der Waals surface area contributed by atoms with Gasteiger partial charge in [-0.2, -0.15) is 0 Å². The first-order valence-electron chi connectivity index (χ1n) is 5.39. The van der Waals surface area contributed by atoms with Crippen LogP contribution in [0.15, 0.2) is 11.1 Å². The average molecular weight is 194 g/mol. The summed E-state index contributed by atoms with van der Waals surface area (Å²) in [6, 6.07) is 0. The lowest BCUT2D eigenvalue weighted by molar-refractivity contribution is -0.133. The van der Waals surface area contributed by atoms with Gasteiger partial charge in [0.1, 0.15) is 0 Å². The summed E-state index contributed by atoms with van der Waals surface area (Å²) in [6.45, 7) is 6.39. The van der Waals surface area contributed by atoms with Gasteiger partial charge < -0.3 is 5.11 Å². The van der Waals surface area contributed by atoms with Crippen molar-refractivity contribution < 1.29 is 9.90 Å². The monoisotopic (exact) mass is 194 g/mol. The molecular weight excluding hydrogens is 176 g/mol. The van der Waals surface area contributed by atoms with Crippen LogP contribution < -0.4 is 0 Å². The van der Waals surface area contributed by atoms with Crippen molar-refractivity contribution in [3.05, 3.63) is 11.1 Å². The molecule has 1 N–H and O–H groups in total. The second-order valence-electron chi connectivity index (χ2n) is 5.59. The Hall–Kier alpha value is -0.790. The minimum atomic E-state index is -0.679. The molecule has 2 rings (SSSR count). The molecule has 0 radical (unpaired) electrons. The fourth-order valence-corrected chi connectivity index (χ4v) is 3.25. The van der Waals surface area contributed by atoms with Gasteiger partial charge in [0, 0.05) is 5.57 Å².